The van der Waals surface area contributed by atoms with Crippen LogP contribution in [0.5, 0.6) is 5.75 Å². The Morgan fingerprint density at radius 3 is 2.31 bits per heavy atom. The molecule has 1 saturated heterocycles. The Hall–Kier alpha value is -2.24. The first-order valence-corrected chi connectivity index (χ1v) is 12.9. The number of rotatable bonds is 8. The second kappa shape index (κ2) is 13.3. The number of piperidine rings is 1. The van der Waals surface area contributed by atoms with Gasteiger partial charge < -0.3 is 14.9 Å². The largest absolute Gasteiger partial charge is 0.508 e. The molecule has 192 valence electrons. The quantitative estimate of drug-likeness (QED) is 0.323. The van der Waals surface area contributed by atoms with Crippen LogP contribution in [-0.2, 0) is 0 Å². The van der Waals surface area contributed by atoms with Gasteiger partial charge in [-0.15, -0.1) is 12.4 Å². The average Bonchev–Trinajstić information content (AvgIpc) is 2.89. The van der Waals surface area contributed by atoms with Crippen LogP contribution >= 0.6 is 35.6 Å². The van der Waals surface area contributed by atoms with Gasteiger partial charge in [-0.2, -0.15) is 0 Å². The Kier molecular flexibility index (Phi) is 10.5. The highest BCUT2D eigenvalue weighted by Crippen LogP contribution is 2.32. The van der Waals surface area contributed by atoms with Crippen LogP contribution in [0, 0.1) is 0 Å². The number of hydrogen-bond donors (Lipinski definition) is 1. The Morgan fingerprint density at radius 1 is 1.00 bits per heavy atom. The lowest BCUT2D eigenvalue weighted by Gasteiger charge is -2.34. The molecular weight excluding hydrogens is 515 g/mol. The van der Waals surface area contributed by atoms with Crippen molar-refractivity contribution in [3.8, 4) is 5.75 Å². The number of likely N-dealkylation sites (N-methyl/N-ethyl adjacent to an activating group) is 1. The highest BCUT2D eigenvalue weighted by atomic mass is 35.5. The summed E-state index contributed by atoms with van der Waals surface area (Å²) in [6.45, 7) is 3.65. The molecular formula is C29H33Cl3N2O2. The topological polar surface area (TPSA) is 43.8 Å². The number of aromatic hydroxyl groups is 1. The zero-order chi connectivity index (χ0) is 24.8. The standard InChI is InChI=1S/C29H32Cl2N2O2.ClH/c1-32(29(35)23-5-3-2-4-6-23)20-25(24-9-12-27(30)28(31)19-24)15-18-33-16-13-22(14-17-33)21-7-10-26(34)11-8-21;/h2-12,19,22,25,34H,13-18,20H2,1H3;1H/t25-;/m1./s1. The minimum absolute atomic E-state index is 0. The number of carbonyl (C=O) groups excluding carboxylic acids is 1. The molecule has 3 aromatic rings. The molecule has 0 bridgehead atoms. The van der Waals surface area contributed by atoms with E-state index in [0.717, 1.165) is 44.5 Å². The molecule has 1 atom stereocenters. The van der Waals surface area contributed by atoms with E-state index in [1.54, 1.807) is 17.0 Å². The third kappa shape index (κ3) is 7.39. The number of likely N-dealkylation sites (tertiary alicyclic amines) is 1. The van der Waals surface area contributed by atoms with Gasteiger partial charge in [-0.05, 0) is 92.3 Å². The zero-order valence-corrected chi connectivity index (χ0v) is 22.8. The molecule has 4 nitrogen and oxygen atoms in total. The van der Waals surface area contributed by atoms with E-state index >= 15 is 0 Å². The smallest absolute Gasteiger partial charge is 0.253 e. The fourth-order valence-electron chi connectivity index (χ4n) is 4.92. The van der Waals surface area contributed by atoms with Crippen molar-refractivity contribution in [2.45, 2.75) is 31.1 Å². The maximum absolute atomic E-state index is 13.0. The molecule has 1 fully saturated rings. The number of carbonyl (C=O) groups is 1. The number of halogens is 3. The zero-order valence-electron chi connectivity index (χ0n) is 20.4. The van der Waals surface area contributed by atoms with E-state index in [-0.39, 0.29) is 24.2 Å². The van der Waals surface area contributed by atoms with Crippen molar-refractivity contribution in [3.63, 3.8) is 0 Å². The molecule has 1 aliphatic rings. The average molecular weight is 548 g/mol. The van der Waals surface area contributed by atoms with Crippen molar-refractivity contribution >= 4 is 41.5 Å². The normalized spacial score (nSPS) is 15.2. The van der Waals surface area contributed by atoms with Crippen molar-refractivity contribution in [2.75, 3.05) is 33.2 Å². The summed E-state index contributed by atoms with van der Waals surface area (Å²) >= 11 is 12.5. The van der Waals surface area contributed by atoms with Gasteiger partial charge in [0.1, 0.15) is 5.75 Å². The predicted octanol–water partition coefficient (Wildman–Crippen LogP) is 7.25. The van der Waals surface area contributed by atoms with Crippen LogP contribution in [0.25, 0.3) is 0 Å². The Bertz CT molecular complexity index is 1120. The number of phenolic OH excluding ortho intramolecular Hbond substituents is 1. The van der Waals surface area contributed by atoms with Gasteiger partial charge in [0, 0.05) is 25.1 Å². The van der Waals surface area contributed by atoms with Crippen molar-refractivity contribution in [1.29, 1.82) is 0 Å². The van der Waals surface area contributed by atoms with Gasteiger partial charge >= 0.3 is 0 Å². The summed E-state index contributed by atoms with van der Waals surface area (Å²) in [6, 6.07) is 22.8. The Balaban J connectivity index is 0.00000361. The highest BCUT2D eigenvalue weighted by molar-refractivity contribution is 6.42. The minimum Gasteiger partial charge on any atom is -0.508 e. The van der Waals surface area contributed by atoms with E-state index in [1.807, 2.05) is 67.7 Å². The Labute approximate surface area is 230 Å². The molecule has 1 heterocycles. The maximum Gasteiger partial charge on any atom is 0.253 e. The van der Waals surface area contributed by atoms with Crippen LogP contribution in [0.2, 0.25) is 10.0 Å². The molecule has 1 aliphatic heterocycles. The van der Waals surface area contributed by atoms with Gasteiger partial charge in [-0.1, -0.05) is 59.6 Å². The molecule has 0 unspecified atom stereocenters. The highest BCUT2D eigenvalue weighted by Gasteiger charge is 2.24. The summed E-state index contributed by atoms with van der Waals surface area (Å²) in [5.41, 5.74) is 3.10. The van der Waals surface area contributed by atoms with Crippen LogP contribution < -0.4 is 0 Å². The van der Waals surface area contributed by atoms with Crippen LogP contribution in [0.1, 0.15) is 52.6 Å². The number of benzene rings is 3. The lowest BCUT2D eigenvalue weighted by molar-refractivity contribution is 0.0781. The van der Waals surface area contributed by atoms with Gasteiger partial charge in [-0.3, -0.25) is 4.79 Å². The summed E-state index contributed by atoms with van der Waals surface area (Å²) in [4.78, 5) is 17.3. The third-order valence-corrected chi connectivity index (χ3v) is 7.76. The van der Waals surface area contributed by atoms with Crippen molar-refractivity contribution < 1.29 is 9.90 Å². The first-order valence-electron chi connectivity index (χ1n) is 12.2. The molecule has 0 aliphatic carbocycles. The molecule has 4 rings (SSSR count). The molecule has 1 amide bonds. The summed E-state index contributed by atoms with van der Waals surface area (Å²) in [5, 5.41) is 10.6. The van der Waals surface area contributed by atoms with Gasteiger partial charge in [0.2, 0.25) is 0 Å². The van der Waals surface area contributed by atoms with Crippen LogP contribution in [0.4, 0.5) is 0 Å². The van der Waals surface area contributed by atoms with E-state index in [9.17, 15) is 9.90 Å². The van der Waals surface area contributed by atoms with Gasteiger partial charge in [0.05, 0.1) is 10.0 Å². The first kappa shape index (κ1) is 28.3. The van der Waals surface area contributed by atoms with Gasteiger partial charge in [0.15, 0.2) is 0 Å². The fraction of sp³-hybridized carbons (Fsp3) is 0.345. The summed E-state index contributed by atoms with van der Waals surface area (Å²) in [6.07, 6.45) is 3.14. The summed E-state index contributed by atoms with van der Waals surface area (Å²) < 4.78 is 0. The van der Waals surface area contributed by atoms with E-state index in [2.05, 4.69) is 4.90 Å². The van der Waals surface area contributed by atoms with E-state index < -0.39 is 0 Å². The SMILES string of the molecule is CN(C[C@@H](CCN1CCC(c2ccc(O)cc2)CC1)c1ccc(Cl)c(Cl)c1)C(=O)c1ccccc1.Cl. The van der Waals surface area contributed by atoms with Gasteiger partial charge in [-0.25, -0.2) is 0 Å². The molecule has 7 heteroatoms. The second-order valence-electron chi connectivity index (χ2n) is 9.42. The minimum atomic E-state index is 0. The number of amides is 1. The number of nitrogens with zero attached hydrogens (tertiary/aromatic N) is 2. The maximum atomic E-state index is 13.0. The first-order chi connectivity index (χ1) is 16.9. The lowest BCUT2D eigenvalue weighted by atomic mass is 9.89. The molecule has 0 spiro atoms. The van der Waals surface area contributed by atoms with Gasteiger partial charge in [0.25, 0.3) is 5.91 Å². The summed E-state index contributed by atoms with van der Waals surface area (Å²) in [5.74, 6) is 1.02. The molecule has 3 aromatic carbocycles. The third-order valence-electron chi connectivity index (χ3n) is 7.02. The number of hydrogen-bond acceptors (Lipinski definition) is 3. The molecule has 0 saturated carbocycles. The van der Waals surface area contributed by atoms with E-state index in [4.69, 9.17) is 23.2 Å². The second-order valence-corrected chi connectivity index (χ2v) is 10.2. The Morgan fingerprint density at radius 2 is 1.67 bits per heavy atom. The molecule has 0 aromatic heterocycles. The predicted molar refractivity (Wildman–Crippen MR) is 151 cm³/mol. The summed E-state index contributed by atoms with van der Waals surface area (Å²) in [7, 11) is 1.86. The number of phenols is 1. The van der Waals surface area contributed by atoms with E-state index in [1.165, 1.54) is 5.56 Å². The molecule has 36 heavy (non-hydrogen) atoms. The lowest BCUT2D eigenvalue weighted by Crippen LogP contribution is -2.36. The van der Waals surface area contributed by atoms with Crippen molar-refractivity contribution in [3.05, 3.63) is 99.5 Å². The molecule has 0 radical (unpaired) electrons. The monoisotopic (exact) mass is 546 g/mol. The van der Waals surface area contributed by atoms with Crippen molar-refractivity contribution in [1.82, 2.24) is 9.80 Å². The van der Waals surface area contributed by atoms with Crippen LogP contribution in [0.3, 0.4) is 0 Å². The fourth-order valence-corrected chi connectivity index (χ4v) is 5.23. The van der Waals surface area contributed by atoms with Crippen molar-refractivity contribution in [2.24, 2.45) is 0 Å². The van der Waals surface area contributed by atoms with Crippen LogP contribution in [0.15, 0.2) is 72.8 Å². The van der Waals surface area contributed by atoms with E-state index in [0.29, 0.717) is 33.8 Å². The van der Waals surface area contributed by atoms with Crippen LogP contribution in [-0.4, -0.2) is 54.0 Å². The molecule has 1 N–H and O–H groups in total.